The summed E-state index contributed by atoms with van der Waals surface area (Å²) >= 11 is 1.17. The molecule has 10 heteroatoms. The van der Waals surface area contributed by atoms with Crippen LogP contribution in [0.25, 0.3) is 20.6 Å². The summed E-state index contributed by atoms with van der Waals surface area (Å²) in [5.74, 6) is 0. The third kappa shape index (κ3) is 1.85. The van der Waals surface area contributed by atoms with Gasteiger partial charge in [-0.1, -0.05) is 0 Å². The lowest BCUT2D eigenvalue weighted by Crippen LogP contribution is -2.24. The highest BCUT2D eigenvalue weighted by atomic mass is 32.1. The van der Waals surface area contributed by atoms with Crippen LogP contribution in [0.5, 0.6) is 0 Å². The standard InChI is InChI=1S/C12H12N4O5S/c17-2-5-4(18)1-6(21-5)16-3-13-11-8(16)7-9(22-11)10(19)15-12(20)14-7/h3-6,17-18H,1-2H2,(H2,14,15,19,20)/t4-,5+,6+/m0/s1. The monoisotopic (exact) mass is 324 g/mol. The van der Waals surface area contributed by atoms with E-state index in [4.69, 9.17) is 9.84 Å². The molecule has 0 aromatic carbocycles. The van der Waals surface area contributed by atoms with Crippen molar-refractivity contribution in [1.29, 1.82) is 0 Å². The van der Waals surface area contributed by atoms with E-state index in [1.54, 1.807) is 4.57 Å². The molecule has 4 heterocycles. The van der Waals surface area contributed by atoms with Gasteiger partial charge in [0.05, 0.1) is 24.6 Å². The Labute approximate surface area is 125 Å². The minimum Gasteiger partial charge on any atom is -0.394 e. The molecule has 116 valence electrons. The number of imidazole rings is 1. The van der Waals surface area contributed by atoms with Crippen LogP contribution >= 0.6 is 11.3 Å². The Morgan fingerprint density at radius 3 is 3.00 bits per heavy atom. The smallest absolute Gasteiger partial charge is 0.326 e. The molecule has 3 atom stereocenters. The fraction of sp³-hybridized carbons (Fsp3) is 0.417. The fourth-order valence-electron chi connectivity index (χ4n) is 2.76. The maximum absolute atomic E-state index is 11.8. The number of aromatic amines is 2. The van der Waals surface area contributed by atoms with Crippen LogP contribution < -0.4 is 11.2 Å². The molecule has 1 fully saturated rings. The SMILES string of the molecule is O=c1[nH]c(=O)c2sc3ncn([C@H]4C[C@H](O)[C@@H](CO)O4)c3c2[nH]1. The first kappa shape index (κ1) is 13.6. The van der Waals surface area contributed by atoms with Crippen LogP contribution in [-0.4, -0.2) is 48.5 Å². The highest BCUT2D eigenvalue weighted by molar-refractivity contribution is 7.25. The molecule has 0 spiro atoms. The Kier molecular flexibility index (Phi) is 2.94. The van der Waals surface area contributed by atoms with Crippen molar-refractivity contribution in [3.05, 3.63) is 27.2 Å². The normalized spacial score (nSPS) is 25.5. The number of rotatable bonds is 2. The van der Waals surface area contributed by atoms with Crippen LogP contribution in [-0.2, 0) is 4.74 Å². The van der Waals surface area contributed by atoms with Gasteiger partial charge in [-0.3, -0.25) is 9.78 Å². The summed E-state index contributed by atoms with van der Waals surface area (Å²) in [7, 11) is 0. The Balaban J connectivity index is 1.93. The predicted octanol–water partition coefficient (Wildman–Crippen LogP) is -0.732. The van der Waals surface area contributed by atoms with Crippen LogP contribution in [0.15, 0.2) is 15.9 Å². The number of aromatic nitrogens is 4. The largest absolute Gasteiger partial charge is 0.394 e. The molecule has 9 nitrogen and oxygen atoms in total. The zero-order chi connectivity index (χ0) is 15.4. The van der Waals surface area contributed by atoms with Gasteiger partial charge in [0, 0.05) is 6.42 Å². The first-order valence-corrected chi connectivity index (χ1v) is 7.46. The van der Waals surface area contributed by atoms with E-state index >= 15 is 0 Å². The van der Waals surface area contributed by atoms with E-state index in [-0.39, 0.29) is 6.61 Å². The van der Waals surface area contributed by atoms with Crippen molar-refractivity contribution in [2.24, 2.45) is 0 Å². The number of fused-ring (bicyclic) bond motifs is 3. The summed E-state index contributed by atoms with van der Waals surface area (Å²) in [6, 6.07) is 0. The first-order chi connectivity index (χ1) is 10.6. The molecule has 1 saturated heterocycles. The predicted molar refractivity (Wildman–Crippen MR) is 78.0 cm³/mol. The van der Waals surface area contributed by atoms with E-state index in [2.05, 4.69) is 15.0 Å². The average molecular weight is 324 g/mol. The molecular formula is C12H12N4O5S. The van der Waals surface area contributed by atoms with Gasteiger partial charge in [-0.15, -0.1) is 11.3 Å². The number of hydrogen-bond donors (Lipinski definition) is 4. The minimum absolute atomic E-state index is 0.281. The third-order valence-electron chi connectivity index (χ3n) is 3.79. The number of thiophene rings is 1. The first-order valence-electron chi connectivity index (χ1n) is 6.64. The van der Waals surface area contributed by atoms with Crippen molar-refractivity contribution in [2.45, 2.75) is 24.9 Å². The minimum atomic E-state index is -0.778. The number of ether oxygens (including phenoxy) is 1. The lowest BCUT2D eigenvalue weighted by atomic mass is 10.2. The van der Waals surface area contributed by atoms with E-state index in [1.165, 1.54) is 17.7 Å². The van der Waals surface area contributed by atoms with Crippen molar-refractivity contribution >= 4 is 31.9 Å². The molecule has 0 aliphatic carbocycles. The van der Waals surface area contributed by atoms with Crippen molar-refractivity contribution < 1.29 is 14.9 Å². The van der Waals surface area contributed by atoms with E-state index in [0.29, 0.717) is 27.0 Å². The van der Waals surface area contributed by atoms with Gasteiger partial charge in [-0.2, -0.15) is 0 Å². The van der Waals surface area contributed by atoms with Crippen molar-refractivity contribution in [2.75, 3.05) is 6.61 Å². The zero-order valence-electron chi connectivity index (χ0n) is 11.1. The molecule has 1 aliphatic rings. The van der Waals surface area contributed by atoms with Gasteiger partial charge in [0.2, 0.25) is 0 Å². The van der Waals surface area contributed by atoms with Crippen molar-refractivity contribution in [3.63, 3.8) is 0 Å². The van der Waals surface area contributed by atoms with Crippen LogP contribution in [0.1, 0.15) is 12.6 Å². The average Bonchev–Trinajstić information content (AvgIpc) is 3.12. The number of nitrogens with zero attached hydrogens (tertiary/aromatic N) is 2. The molecule has 0 bridgehead atoms. The van der Waals surface area contributed by atoms with Gasteiger partial charge in [0.15, 0.2) is 0 Å². The molecule has 3 aromatic rings. The maximum atomic E-state index is 11.8. The summed E-state index contributed by atoms with van der Waals surface area (Å²) in [4.78, 5) is 33.0. The molecule has 22 heavy (non-hydrogen) atoms. The number of nitrogens with one attached hydrogen (secondary N) is 2. The lowest BCUT2D eigenvalue weighted by molar-refractivity contribution is -0.0430. The highest BCUT2D eigenvalue weighted by Crippen LogP contribution is 2.35. The van der Waals surface area contributed by atoms with Gasteiger partial charge in [0.1, 0.15) is 27.4 Å². The summed E-state index contributed by atoms with van der Waals surface area (Å²) < 4.78 is 7.65. The second-order valence-corrected chi connectivity index (χ2v) is 6.13. The van der Waals surface area contributed by atoms with Crippen molar-refractivity contribution in [1.82, 2.24) is 19.5 Å². The molecule has 0 saturated carbocycles. The summed E-state index contributed by atoms with van der Waals surface area (Å²) in [5.41, 5.74) is -0.0738. The summed E-state index contributed by atoms with van der Waals surface area (Å²) in [6.07, 6.45) is -0.119. The Hall–Kier alpha value is -2.01. The molecule has 0 unspecified atom stereocenters. The summed E-state index contributed by atoms with van der Waals surface area (Å²) in [6.45, 7) is -0.281. The van der Waals surface area contributed by atoms with E-state index in [9.17, 15) is 14.7 Å². The third-order valence-corrected chi connectivity index (χ3v) is 4.87. The van der Waals surface area contributed by atoms with Gasteiger partial charge in [0.25, 0.3) is 5.56 Å². The fourth-order valence-corrected chi connectivity index (χ4v) is 3.75. The molecule has 4 N–H and O–H groups in total. The molecule has 3 aromatic heterocycles. The topological polar surface area (TPSA) is 133 Å². The van der Waals surface area contributed by atoms with Crippen LogP contribution in [0.2, 0.25) is 0 Å². The zero-order valence-corrected chi connectivity index (χ0v) is 12.0. The van der Waals surface area contributed by atoms with E-state index in [0.717, 1.165) is 0 Å². The van der Waals surface area contributed by atoms with Gasteiger partial charge >= 0.3 is 5.69 Å². The molecule has 4 rings (SSSR count). The molecule has 0 amide bonds. The Morgan fingerprint density at radius 2 is 2.27 bits per heavy atom. The number of aliphatic hydroxyl groups excluding tert-OH is 2. The van der Waals surface area contributed by atoms with Gasteiger partial charge in [-0.25, -0.2) is 9.78 Å². The second kappa shape index (κ2) is 4.74. The number of hydrogen-bond acceptors (Lipinski definition) is 7. The van der Waals surface area contributed by atoms with Gasteiger partial charge < -0.3 is 24.5 Å². The highest BCUT2D eigenvalue weighted by Gasteiger charge is 2.35. The Bertz CT molecular complexity index is 969. The lowest BCUT2D eigenvalue weighted by Gasteiger charge is -2.13. The van der Waals surface area contributed by atoms with E-state index in [1.807, 2.05) is 0 Å². The molecule has 1 aliphatic heterocycles. The van der Waals surface area contributed by atoms with Crippen LogP contribution in [0, 0.1) is 0 Å². The number of H-pyrrole nitrogens is 2. The molecule has 0 radical (unpaired) electrons. The summed E-state index contributed by atoms with van der Waals surface area (Å²) in [5, 5.41) is 19.0. The number of aliphatic hydroxyl groups is 2. The van der Waals surface area contributed by atoms with Crippen LogP contribution in [0.4, 0.5) is 0 Å². The van der Waals surface area contributed by atoms with Crippen LogP contribution in [0.3, 0.4) is 0 Å². The van der Waals surface area contributed by atoms with E-state index < -0.39 is 29.7 Å². The quantitative estimate of drug-likeness (QED) is 0.491. The Morgan fingerprint density at radius 1 is 1.45 bits per heavy atom. The maximum Gasteiger partial charge on any atom is 0.326 e. The molecular weight excluding hydrogens is 312 g/mol. The second-order valence-electron chi connectivity index (χ2n) is 5.13. The van der Waals surface area contributed by atoms with Crippen molar-refractivity contribution in [3.8, 4) is 0 Å². The van der Waals surface area contributed by atoms with Gasteiger partial charge in [-0.05, 0) is 0 Å².